The maximum atomic E-state index is 9.53. The minimum atomic E-state index is -0.638. The third-order valence-corrected chi connectivity index (χ3v) is 2.83. The maximum Gasteiger partial charge on any atom is 0.127 e. The van der Waals surface area contributed by atoms with Crippen molar-refractivity contribution in [2.75, 3.05) is 13.2 Å². The molecular formula is C12H23NO2. The van der Waals surface area contributed by atoms with Gasteiger partial charge in [-0.05, 0) is 39.2 Å². The Labute approximate surface area is 92.5 Å². The zero-order valence-electron chi connectivity index (χ0n) is 10.2. The van der Waals surface area contributed by atoms with E-state index in [9.17, 15) is 5.11 Å². The van der Waals surface area contributed by atoms with Crippen molar-refractivity contribution in [1.82, 2.24) is 5.32 Å². The summed E-state index contributed by atoms with van der Waals surface area (Å²) in [6, 6.07) is 0. The highest BCUT2D eigenvalue weighted by atomic mass is 16.5. The molecule has 0 saturated carbocycles. The van der Waals surface area contributed by atoms with Gasteiger partial charge in [-0.25, -0.2) is 0 Å². The summed E-state index contributed by atoms with van der Waals surface area (Å²) in [5.41, 5.74) is 0.739. The van der Waals surface area contributed by atoms with Crippen molar-refractivity contribution < 1.29 is 9.84 Å². The van der Waals surface area contributed by atoms with Gasteiger partial charge in [0.25, 0.3) is 0 Å². The summed E-state index contributed by atoms with van der Waals surface area (Å²) in [7, 11) is 0. The first-order chi connectivity index (χ1) is 6.88. The molecule has 1 heterocycles. The molecule has 0 amide bonds. The molecule has 15 heavy (non-hydrogen) atoms. The molecule has 0 aromatic heterocycles. The van der Waals surface area contributed by atoms with E-state index >= 15 is 0 Å². The molecule has 1 aliphatic rings. The van der Waals surface area contributed by atoms with Crippen molar-refractivity contribution in [3.05, 3.63) is 11.6 Å². The van der Waals surface area contributed by atoms with Gasteiger partial charge in [-0.2, -0.15) is 0 Å². The van der Waals surface area contributed by atoms with Crippen molar-refractivity contribution in [3.63, 3.8) is 0 Å². The Kier molecular flexibility index (Phi) is 4.32. The van der Waals surface area contributed by atoms with E-state index in [0.29, 0.717) is 18.9 Å². The van der Waals surface area contributed by atoms with E-state index in [4.69, 9.17) is 4.74 Å². The molecule has 0 aliphatic carbocycles. The molecule has 2 unspecified atom stereocenters. The average molecular weight is 213 g/mol. The normalized spacial score (nSPS) is 27.7. The molecule has 2 atom stereocenters. The van der Waals surface area contributed by atoms with Gasteiger partial charge in [-0.1, -0.05) is 12.5 Å². The van der Waals surface area contributed by atoms with E-state index in [2.05, 4.69) is 25.2 Å². The molecule has 3 nitrogen and oxygen atoms in total. The summed E-state index contributed by atoms with van der Waals surface area (Å²) >= 11 is 0. The SMILES string of the molecule is CC1=CC(OCCC(C)(C)O)NCC1C. The van der Waals surface area contributed by atoms with E-state index < -0.39 is 5.60 Å². The molecule has 2 N–H and O–H groups in total. The number of nitrogens with one attached hydrogen (secondary N) is 1. The van der Waals surface area contributed by atoms with E-state index in [1.165, 1.54) is 5.57 Å². The Morgan fingerprint density at radius 3 is 2.80 bits per heavy atom. The maximum absolute atomic E-state index is 9.53. The number of rotatable bonds is 4. The molecular weight excluding hydrogens is 190 g/mol. The van der Waals surface area contributed by atoms with Crippen molar-refractivity contribution in [1.29, 1.82) is 0 Å². The second-order valence-electron chi connectivity index (χ2n) is 5.07. The minimum absolute atomic E-state index is 0.0172. The van der Waals surface area contributed by atoms with Crippen LogP contribution < -0.4 is 5.32 Å². The zero-order chi connectivity index (χ0) is 11.5. The van der Waals surface area contributed by atoms with Gasteiger partial charge in [-0.15, -0.1) is 0 Å². The van der Waals surface area contributed by atoms with E-state index in [0.717, 1.165) is 6.54 Å². The van der Waals surface area contributed by atoms with Gasteiger partial charge < -0.3 is 9.84 Å². The number of aliphatic hydroxyl groups is 1. The Morgan fingerprint density at radius 1 is 1.60 bits per heavy atom. The molecule has 0 bridgehead atoms. The summed E-state index contributed by atoms with van der Waals surface area (Å²) in [5.74, 6) is 0.596. The zero-order valence-corrected chi connectivity index (χ0v) is 10.2. The van der Waals surface area contributed by atoms with Gasteiger partial charge in [0.2, 0.25) is 0 Å². The monoisotopic (exact) mass is 213 g/mol. The Morgan fingerprint density at radius 2 is 2.27 bits per heavy atom. The molecule has 88 valence electrons. The van der Waals surface area contributed by atoms with E-state index in [1.54, 1.807) is 13.8 Å². The molecule has 0 fully saturated rings. The topological polar surface area (TPSA) is 41.5 Å². The van der Waals surface area contributed by atoms with E-state index in [1.807, 2.05) is 0 Å². The van der Waals surface area contributed by atoms with Gasteiger partial charge in [-0.3, -0.25) is 5.32 Å². The number of ether oxygens (including phenoxy) is 1. The number of hydrogen-bond acceptors (Lipinski definition) is 3. The van der Waals surface area contributed by atoms with E-state index in [-0.39, 0.29) is 6.23 Å². The average Bonchev–Trinajstić information content (AvgIpc) is 2.09. The van der Waals surface area contributed by atoms with Crippen molar-refractivity contribution in [2.24, 2.45) is 5.92 Å². The molecule has 0 saturated heterocycles. The van der Waals surface area contributed by atoms with Crippen LogP contribution >= 0.6 is 0 Å². The quantitative estimate of drug-likeness (QED) is 0.698. The first kappa shape index (κ1) is 12.7. The second kappa shape index (κ2) is 5.10. The largest absolute Gasteiger partial charge is 0.390 e. The highest BCUT2D eigenvalue weighted by Gasteiger charge is 2.18. The standard InChI is InChI=1S/C12H23NO2/c1-9-7-11(13-8-10(9)2)15-6-5-12(3,4)14/h7,10-11,13-14H,5-6,8H2,1-4H3. The predicted molar refractivity (Wildman–Crippen MR) is 61.6 cm³/mol. The second-order valence-corrected chi connectivity index (χ2v) is 5.07. The predicted octanol–water partition coefficient (Wildman–Crippen LogP) is 1.68. The molecule has 1 rings (SSSR count). The van der Waals surface area contributed by atoms with Crippen molar-refractivity contribution in [2.45, 2.75) is 45.9 Å². The van der Waals surface area contributed by atoms with Crippen LogP contribution in [0.1, 0.15) is 34.1 Å². The fourth-order valence-electron chi connectivity index (χ4n) is 1.46. The molecule has 0 aromatic carbocycles. The fourth-order valence-corrected chi connectivity index (χ4v) is 1.46. The lowest BCUT2D eigenvalue weighted by molar-refractivity contribution is 0.000400. The highest BCUT2D eigenvalue weighted by molar-refractivity contribution is 5.09. The van der Waals surface area contributed by atoms with Crippen LogP contribution in [0.15, 0.2) is 11.6 Å². The van der Waals surface area contributed by atoms with Crippen molar-refractivity contribution in [3.8, 4) is 0 Å². The minimum Gasteiger partial charge on any atom is -0.390 e. The summed E-state index contributed by atoms with van der Waals surface area (Å²) in [5, 5.41) is 12.8. The van der Waals surface area contributed by atoms with Crippen LogP contribution in [-0.2, 0) is 4.74 Å². The molecule has 1 aliphatic heterocycles. The van der Waals surface area contributed by atoms with Crippen molar-refractivity contribution >= 4 is 0 Å². The summed E-state index contributed by atoms with van der Waals surface area (Å²) < 4.78 is 5.63. The summed E-state index contributed by atoms with van der Waals surface area (Å²) in [6.45, 7) is 9.49. The first-order valence-corrected chi connectivity index (χ1v) is 5.64. The third-order valence-electron chi connectivity index (χ3n) is 2.83. The third kappa shape index (κ3) is 4.78. The Bertz CT molecular complexity index is 230. The Hall–Kier alpha value is -0.380. The van der Waals surface area contributed by atoms with Gasteiger partial charge in [0.05, 0.1) is 12.2 Å². The first-order valence-electron chi connectivity index (χ1n) is 5.64. The van der Waals surface area contributed by atoms with Gasteiger partial charge >= 0.3 is 0 Å². The van der Waals surface area contributed by atoms with Gasteiger partial charge in [0.15, 0.2) is 0 Å². The smallest absolute Gasteiger partial charge is 0.127 e. The van der Waals surface area contributed by atoms with Crippen LogP contribution in [0.2, 0.25) is 0 Å². The van der Waals surface area contributed by atoms with Crippen LogP contribution in [0.5, 0.6) is 0 Å². The van der Waals surface area contributed by atoms with Crippen LogP contribution in [0.3, 0.4) is 0 Å². The molecule has 0 aromatic rings. The highest BCUT2D eigenvalue weighted by Crippen LogP contribution is 2.15. The van der Waals surface area contributed by atoms with Gasteiger partial charge in [0.1, 0.15) is 6.23 Å². The lowest BCUT2D eigenvalue weighted by Crippen LogP contribution is -2.38. The number of hydrogen-bond donors (Lipinski definition) is 2. The summed E-state index contributed by atoms with van der Waals surface area (Å²) in [4.78, 5) is 0. The molecule has 0 radical (unpaired) electrons. The Balaban J connectivity index is 2.29. The fraction of sp³-hybridized carbons (Fsp3) is 0.833. The van der Waals surface area contributed by atoms with Crippen LogP contribution in [0, 0.1) is 5.92 Å². The molecule has 0 spiro atoms. The lowest BCUT2D eigenvalue weighted by Gasteiger charge is -2.27. The summed E-state index contributed by atoms with van der Waals surface area (Å²) in [6.07, 6.45) is 2.80. The van der Waals surface area contributed by atoms with Crippen LogP contribution in [0.25, 0.3) is 0 Å². The van der Waals surface area contributed by atoms with Gasteiger partial charge in [0, 0.05) is 6.54 Å². The lowest BCUT2D eigenvalue weighted by atomic mass is 9.99. The van der Waals surface area contributed by atoms with Crippen LogP contribution in [-0.4, -0.2) is 30.1 Å². The van der Waals surface area contributed by atoms with Crippen LogP contribution in [0.4, 0.5) is 0 Å². The molecule has 3 heteroatoms.